The van der Waals surface area contributed by atoms with Crippen LogP contribution in [-0.2, 0) is 9.53 Å². The summed E-state index contributed by atoms with van der Waals surface area (Å²) < 4.78 is 5.05. The number of hydrogen-bond donors (Lipinski definition) is 1. The lowest BCUT2D eigenvalue weighted by Gasteiger charge is -2.21. The maximum atomic E-state index is 11.2. The smallest absolute Gasteiger partial charge is 0.316 e. The van der Waals surface area contributed by atoms with Gasteiger partial charge in [0.2, 0.25) is 0 Å². The maximum Gasteiger partial charge on any atom is 0.316 e. The minimum Gasteiger partial charge on any atom is -0.459 e. The molecule has 0 aromatic rings. The van der Waals surface area contributed by atoms with E-state index in [0.29, 0.717) is 0 Å². The summed E-state index contributed by atoms with van der Waals surface area (Å²) in [6.45, 7) is 7.04. The average Bonchev–Trinajstić information content (AvgIpc) is 1.82. The summed E-state index contributed by atoms with van der Waals surface area (Å²) in [5, 5.41) is 0. The zero-order chi connectivity index (χ0) is 9.94. The van der Waals surface area contributed by atoms with E-state index in [1.54, 1.807) is 27.7 Å². The molecule has 0 aromatic carbocycles. The molecule has 1 unspecified atom stereocenters. The highest BCUT2D eigenvalue weighted by Crippen LogP contribution is 2.10. The van der Waals surface area contributed by atoms with Gasteiger partial charge in [-0.3, -0.25) is 4.79 Å². The Kier molecular flexibility index (Phi) is 3.64. The predicted molar refractivity (Wildman–Crippen MR) is 51.8 cm³/mol. The van der Waals surface area contributed by atoms with Gasteiger partial charge < -0.3 is 10.5 Å². The first-order valence-electron chi connectivity index (χ1n) is 3.76. The van der Waals surface area contributed by atoms with Crippen LogP contribution in [0.4, 0.5) is 0 Å². The Balaban J connectivity index is 4.15. The van der Waals surface area contributed by atoms with Crippen LogP contribution in [-0.4, -0.2) is 16.6 Å². The molecule has 0 saturated carbocycles. The molecule has 0 radical (unpaired) electrons. The van der Waals surface area contributed by atoms with E-state index < -0.39 is 11.5 Å². The lowest BCUT2D eigenvalue weighted by Crippen LogP contribution is -2.33. The summed E-state index contributed by atoms with van der Waals surface area (Å²) in [6.07, 6.45) is 0. The molecule has 0 aliphatic carbocycles. The van der Waals surface area contributed by atoms with Crippen molar-refractivity contribution < 1.29 is 9.53 Å². The maximum absolute atomic E-state index is 11.2. The van der Waals surface area contributed by atoms with E-state index >= 15 is 0 Å². The Morgan fingerprint density at radius 3 is 2.17 bits per heavy atom. The molecule has 0 amide bonds. The number of thiocarbonyl (C=S) groups is 1. The first kappa shape index (κ1) is 11.4. The second-order valence-corrected chi connectivity index (χ2v) is 4.13. The molecule has 0 heterocycles. The van der Waals surface area contributed by atoms with Crippen LogP contribution in [0.3, 0.4) is 0 Å². The molecule has 0 spiro atoms. The number of rotatable bonds is 2. The standard InChI is InChI=1S/C8H15NO2S/c1-5(6(9)12)7(10)11-8(2,3)4/h5H,1-4H3,(H2,9,12). The van der Waals surface area contributed by atoms with Gasteiger partial charge in [-0.05, 0) is 27.7 Å². The van der Waals surface area contributed by atoms with Crippen molar-refractivity contribution in [1.82, 2.24) is 0 Å². The van der Waals surface area contributed by atoms with Crippen molar-refractivity contribution in [3.05, 3.63) is 0 Å². The van der Waals surface area contributed by atoms with E-state index in [1.807, 2.05) is 0 Å². The summed E-state index contributed by atoms with van der Waals surface area (Å²) in [6, 6.07) is 0. The van der Waals surface area contributed by atoms with E-state index in [1.165, 1.54) is 0 Å². The molecule has 1 atom stereocenters. The first-order chi connectivity index (χ1) is 5.24. The van der Waals surface area contributed by atoms with Crippen LogP contribution in [0.25, 0.3) is 0 Å². The summed E-state index contributed by atoms with van der Waals surface area (Å²) >= 11 is 4.66. The summed E-state index contributed by atoms with van der Waals surface area (Å²) in [5.41, 5.74) is 4.81. The molecule has 0 aliphatic heterocycles. The Morgan fingerprint density at radius 1 is 1.50 bits per heavy atom. The van der Waals surface area contributed by atoms with Crippen molar-refractivity contribution in [2.45, 2.75) is 33.3 Å². The van der Waals surface area contributed by atoms with Crippen LogP contribution >= 0.6 is 12.2 Å². The zero-order valence-corrected chi connectivity index (χ0v) is 8.70. The number of hydrogen-bond acceptors (Lipinski definition) is 3. The van der Waals surface area contributed by atoms with Gasteiger partial charge in [0.15, 0.2) is 0 Å². The van der Waals surface area contributed by atoms with Crippen LogP contribution in [0.1, 0.15) is 27.7 Å². The topological polar surface area (TPSA) is 52.3 Å². The first-order valence-corrected chi connectivity index (χ1v) is 4.17. The highest BCUT2D eigenvalue weighted by molar-refractivity contribution is 7.80. The quantitative estimate of drug-likeness (QED) is 0.524. The highest BCUT2D eigenvalue weighted by atomic mass is 32.1. The zero-order valence-electron chi connectivity index (χ0n) is 7.88. The van der Waals surface area contributed by atoms with Crippen molar-refractivity contribution in [2.24, 2.45) is 11.7 Å². The second kappa shape index (κ2) is 3.85. The SMILES string of the molecule is CC(C(=O)OC(C)(C)C)C(N)=S. The van der Waals surface area contributed by atoms with Gasteiger partial charge in [0.1, 0.15) is 11.5 Å². The molecule has 0 saturated heterocycles. The van der Waals surface area contributed by atoms with Crippen molar-refractivity contribution >= 4 is 23.2 Å². The Morgan fingerprint density at radius 2 is 1.92 bits per heavy atom. The largest absolute Gasteiger partial charge is 0.459 e. The molecule has 0 aromatic heterocycles. The van der Waals surface area contributed by atoms with Gasteiger partial charge in [0.05, 0.1) is 4.99 Å². The molecule has 0 rings (SSSR count). The Bertz CT molecular complexity index is 196. The van der Waals surface area contributed by atoms with E-state index in [-0.39, 0.29) is 11.0 Å². The fourth-order valence-corrected chi connectivity index (χ4v) is 0.603. The molecule has 0 aliphatic rings. The lowest BCUT2D eigenvalue weighted by molar-refractivity contribution is -0.156. The monoisotopic (exact) mass is 189 g/mol. The molecular weight excluding hydrogens is 174 g/mol. The van der Waals surface area contributed by atoms with Gasteiger partial charge in [-0.2, -0.15) is 0 Å². The third-order valence-corrected chi connectivity index (χ3v) is 1.54. The second-order valence-electron chi connectivity index (χ2n) is 3.66. The van der Waals surface area contributed by atoms with Crippen LogP contribution in [0.5, 0.6) is 0 Å². The van der Waals surface area contributed by atoms with Gasteiger partial charge in [0, 0.05) is 0 Å². The van der Waals surface area contributed by atoms with Crippen LogP contribution in [0.15, 0.2) is 0 Å². The number of nitrogens with two attached hydrogens (primary N) is 1. The molecule has 0 fully saturated rings. The molecule has 3 nitrogen and oxygen atoms in total. The van der Waals surface area contributed by atoms with Gasteiger partial charge in [-0.1, -0.05) is 12.2 Å². The Hall–Kier alpha value is -0.640. The van der Waals surface area contributed by atoms with E-state index in [4.69, 9.17) is 10.5 Å². The third kappa shape index (κ3) is 4.28. The fourth-order valence-electron chi connectivity index (χ4n) is 0.506. The average molecular weight is 189 g/mol. The van der Waals surface area contributed by atoms with E-state index in [9.17, 15) is 4.79 Å². The van der Waals surface area contributed by atoms with Gasteiger partial charge in [-0.15, -0.1) is 0 Å². The molecule has 12 heavy (non-hydrogen) atoms. The van der Waals surface area contributed by atoms with Crippen LogP contribution in [0.2, 0.25) is 0 Å². The van der Waals surface area contributed by atoms with Gasteiger partial charge in [-0.25, -0.2) is 0 Å². The molecule has 2 N–H and O–H groups in total. The molecule has 70 valence electrons. The summed E-state index contributed by atoms with van der Waals surface area (Å²) in [5.74, 6) is -0.866. The van der Waals surface area contributed by atoms with Crippen LogP contribution < -0.4 is 5.73 Å². The number of carbonyl (C=O) groups is 1. The van der Waals surface area contributed by atoms with E-state index in [2.05, 4.69) is 12.2 Å². The number of esters is 1. The minimum atomic E-state index is -0.501. The number of ether oxygens (including phenoxy) is 1. The fraction of sp³-hybridized carbons (Fsp3) is 0.750. The van der Waals surface area contributed by atoms with Crippen LogP contribution in [0, 0.1) is 5.92 Å². The van der Waals surface area contributed by atoms with Crippen molar-refractivity contribution in [2.75, 3.05) is 0 Å². The molecule has 0 bridgehead atoms. The highest BCUT2D eigenvalue weighted by Gasteiger charge is 2.22. The summed E-state index contributed by atoms with van der Waals surface area (Å²) in [4.78, 5) is 11.4. The molecular formula is C8H15NO2S. The molecule has 4 heteroatoms. The predicted octanol–water partition coefficient (Wildman–Crippen LogP) is 1.25. The van der Waals surface area contributed by atoms with Crippen molar-refractivity contribution in [3.63, 3.8) is 0 Å². The Labute approximate surface area is 78.3 Å². The van der Waals surface area contributed by atoms with Gasteiger partial charge in [0.25, 0.3) is 0 Å². The minimum absolute atomic E-state index is 0.171. The summed E-state index contributed by atoms with van der Waals surface area (Å²) in [7, 11) is 0. The number of carbonyl (C=O) groups excluding carboxylic acids is 1. The normalized spacial score (nSPS) is 13.7. The third-order valence-electron chi connectivity index (χ3n) is 1.19. The van der Waals surface area contributed by atoms with E-state index in [0.717, 1.165) is 0 Å². The van der Waals surface area contributed by atoms with Gasteiger partial charge >= 0.3 is 5.97 Å². The van der Waals surface area contributed by atoms with Crippen molar-refractivity contribution in [1.29, 1.82) is 0 Å². The van der Waals surface area contributed by atoms with Crippen molar-refractivity contribution in [3.8, 4) is 0 Å². The lowest BCUT2D eigenvalue weighted by atomic mass is 10.1.